The molecule has 2 aromatic carbocycles. The number of likely N-dealkylation sites (N-methyl/N-ethyl adjacent to an activating group) is 1. The van der Waals surface area contributed by atoms with Crippen LogP contribution in [0, 0.1) is 0 Å². The van der Waals surface area contributed by atoms with Crippen LogP contribution in [0.4, 0.5) is 5.69 Å². The first-order valence-corrected chi connectivity index (χ1v) is 9.47. The lowest BCUT2D eigenvalue weighted by atomic mass is 9.97. The second kappa shape index (κ2) is 7.52. The summed E-state index contributed by atoms with van der Waals surface area (Å²) in [6.07, 6.45) is 0.873. The van der Waals surface area contributed by atoms with E-state index >= 15 is 0 Å². The summed E-state index contributed by atoms with van der Waals surface area (Å²) in [6.45, 7) is 0.549. The highest BCUT2D eigenvalue weighted by Gasteiger charge is 2.32. The summed E-state index contributed by atoms with van der Waals surface area (Å²) >= 11 is 0. The molecule has 1 aromatic heterocycles. The third-order valence-electron chi connectivity index (χ3n) is 5.29. The number of amides is 2. The number of para-hydroxylation sites is 2. The van der Waals surface area contributed by atoms with Crippen LogP contribution < -0.4 is 10.6 Å². The zero-order valence-corrected chi connectivity index (χ0v) is 16.4. The first-order chi connectivity index (χ1) is 14.0. The summed E-state index contributed by atoms with van der Waals surface area (Å²) in [7, 11) is 4.02. The molecule has 0 fully saturated rings. The highest BCUT2D eigenvalue weighted by Crippen LogP contribution is 2.29. The lowest BCUT2D eigenvalue weighted by molar-refractivity contribution is 0.0969. The van der Waals surface area contributed by atoms with Crippen molar-refractivity contribution in [1.82, 2.24) is 14.7 Å². The average Bonchev–Trinajstić information content (AvgIpc) is 3.19. The van der Waals surface area contributed by atoms with Crippen LogP contribution in [0.5, 0.6) is 0 Å². The van der Waals surface area contributed by atoms with Crippen LogP contribution in [-0.2, 0) is 6.42 Å². The normalized spacial score (nSPS) is 16.0. The van der Waals surface area contributed by atoms with Gasteiger partial charge < -0.3 is 15.5 Å². The van der Waals surface area contributed by atoms with E-state index in [1.807, 2.05) is 68.7 Å². The predicted octanol–water partition coefficient (Wildman–Crippen LogP) is 2.10. The van der Waals surface area contributed by atoms with Gasteiger partial charge in [-0.1, -0.05) is 36.4 Å². The highest BCUT2D eigenvalue weighted by molar-refractivity contribution is 6.07. The number of anilines is 1. The monoisotopic (exact) mass is 389 g/mol. The molecule has 1 aliphatic heterocycles. The third kappa shape index (κ3) is 3.52. The molecule has 3 aromatic rings. The van der Waals surface area contributed by atoms with E-state index < -0.39 is 5.91 Å². The minimum Gasteiger partial charge on any atom is -0.364 e. The van der Waals surface area contributed by atoms with Gasteiger partial charge in [0, 0.05) is 24.3 Å². The summed E-state index contributed by atoms with van der Waals surface area (Å²) in [5.74, 6) is -0.883. The number of hydrogen-bond acceptors (Lipinski definition) is 4. The molecule has 4 rings (SSSR count). The fourth-order valence-electron chi connectivity index (χ4n) is 3.68. The minimum atomic E-state index is -0.634. The molecule has 0 radical (unpaired) electrons. The molecule has 148 valence electrons. The van der Waals surface area contributed by atoms with Crippen molar-refractivity contribution in [2.24, 2.45) is 5.73 Å². The minimum absolute atomic E-state index is 0.175. The summed E-state index contributed by atoms with van der Waals surface area (Å²) in [4.78, 5) is 29.3. The second-order valence-electron chi connectivity index (χ2n) is 7.39. The smallest absolute Gasteiger partial charge is 0.278 e. The third-order valence-corrected chi connectivity index (χ3v) is 5.29. The Hall–Kier alpha value is -3.45. The van der Waals surface area contributed by atoms with Crippen molar-refractivity contribution in [3.63, 3.8) is 0 Å². The van der Waals surface area contributed by atoms with Crippen LogP contribution in [0.3, 0.4) is 0 Å². The molecule has 1 atom stereocenters. The van der Waals surface area contributed by atoms with Crippen LogP contribution in [-0.4, -0.2) is 53.2 Å². The van der Waals surface area contributed by atoms with E-state index in [4.69, 9.17) is 5.73 Å². The number of nitrogens with two attached hydrogens (primary N) is 1. The van der Waals surface area contributed by atoms with E-state index in [0.29, 0.717) is 12.2 Å². The van der Waals surface area contributed by atoms with Crippen LogP contribution in [0.15, 0.2) is 60.7 Å². The first-order valence-electron chi connectivity index (χ1n) is 9.47. The van der Waals surface area contributed by atoms with Crippen LogP contribution in [0.2, 0.25) is 0 Å². The molecule has 2 amide bonds. The average molecular weight is 389 g/mol. The van der Waals surface area contributed by atoms with Crippen molar-refractivity contribution in [2.45, 2.75) is 12.5 Å². The van der Waals surface area contributed by atoms with Crippen molar-refractivity contribution < 1.29 is 9.59 Å². The van der Waals surface area contributed by atoms with E-state index in [2.05, 4.69) is 10.00 Å². The van der Waals surface area contributed by atoms with Crippen molar-refractivity contribution in [1.29, 1.82) is 0 Å². The topological polar surface area (TPSA) is 84.5 Å². The number of hydrogen-bond donors (Lipinski definition) is 1. The predicted molar refractivity (Wildman–Crippen MR) is 111 cm³/mol. The molecule has 1 aliphatic rings. The first kappa shape index (κ1) is 18.9. The molecule has 0 unspecified atom stereocenters. The number of carbonyl (C=O) groups is 2. The zero-order valence-electron chi connectivity index (χ0n) is 16.4. The van der Waals surface area contributed by atoms with E-state index in [0.717, 1.165) is 17.7 Å². The fourth-order valence-corrected chi connectivity index (χ4v) is 3.68. The molecule has 0 spiro atoms. The van der Waals surface area contributed by atoms with E-state index in [1.54, 1.807) is 4.90 Å². The van der Waals surface area contributed by atoms with Gasteiger partial charge in [0.05, 0.1) is 5.69 Å². The Morgan fingerprint density at radius 1 is 1.07 bits per heavy atom. The Kier molecular flexibility index (Phi) is 4.90. The van der Waals surface area contributed by atoms with Gasteiger partial charge in [-0.15, -0.1) is 0 Å². The Balaban J connectivity index is 1.76. The maximum absolute atomic E-state index is 13.4. The maximum atomic E-state index is 13.4. The number of fused-ring (bicyclic) bond motifs is 1. The fraction of sp³-hybridized carbons (Fsp3) is 0.227. The van der Waals surface area contributed by atoms with Gasteiger partial charge in [0.25, 0.3) is 11.8 Å². The Morgan fingerprint density at radius 3 is 2.45 bits per heavy atom. The van der Waals surface area contributed by atoms with Gasteiger partial charge in [0.1, 0.15) is 5.69 Å². The van der Waals surface area contributed by atoms with Crippen molar-refractivity contribution in [3.8, 4) is 5.69 Å². The lowest BCUT2D eigenvalue weighted by Gasteiger charge is -2.37. The van der Waals surface area contributed by atoms with Crippen LogP contribution >= 0.6 is 0 Å². The molecule has 0 bridgehead atoms. The quantitative estimate of drug-likeness (QED) is 0.741. The Morgan fingerprint density at radius 2 is 1.76 bits per heavy atom. The summed E-state index contributed by atoms with van der Waals surface area (Å²) in [5, 5.41) is 4.43. The van der Waals surface area contributed by atoms with Crippen LogP contribution in [0.25, 0.3) is 5.69 Å². The molecule has 0 saturated carbocycles. The summed E-state index contributed by atoms with van der Waals surface area (Å²) in [6, 6.07) is 18.7. The van der Waals surface area contributed by atoms with E-state index in [9.17, 15) is 9.59 Å². The molecule has 7 heteroatoms. The Labute approximate surface area is 169 Å². The van der Waals surface area contributed by atoms with E-state index in [1.165, 1.54) is 10.7 Å². The number of rotatable bonds is 4. The van der Waals surface area contributed by atoms with Gasteiger partial charge in [-0.3, -0.25) is 9.59 Å². The standard InChI is InChI=1S/C22H23N5O2/c1-25(2)17-12-15-8-6-7-11-19(15)26(14-17)22(29)18-13-20(21(23)28)27(24-18)16-9-4-3-5-10-16/h3-11,13,17H,12,14H2,1-2H3,(H2,23,28)/t17-/m0/s1. The molecule has 29 heavy (non-hydrogen) atoms. The number of nitrogens with zero attached hydrogens (tertiary/aromatic N) is 4. The molecule has 0 saturated heterocycles. The van der Waals surface area contributed by atoms with Crippen molar-refractivity contribution in [3.05, 3.63) is 77.6 Å². The van der Waals surface area contributed by atoms with E-state index in [-0.39, 0.29) is 23.3 Å². The van der Waals surface area contributed by atoms with Gasteiger partial charge in [-0.25, -0.2) is 4.68 Å². The van der Waals surface area contributed by atoms with Gasteiger partial charge in [-0.05, 0) is 44.3 Å². The maximum Gasteiger partial charge on any atom is 0.278 e. The molecule has 2 N–H and O–H groups in total. The molecular weight excluding hydrogens is 366 g/mol. The Bertz CT molecular complexity index is 1060. The van der Waals surface area contributed by atoms with Gasteiger partial charge in [0.2, 0.25) is 0 Å². The van der Waals surface area contributed by atoms with Gasteiger partial charge >= 0.3 is 0 Å². The number of aromatic nitrogens is 2. The summed E-state index contributed by atoms with van der Waals surface area (Å²) < 4.78 is 1.43. The largest absolute Gasteiger partial charge is 0.364 e. The summed E-state index contributed by atoms with van der Waals surface area (Å²) in [5.41, 5.74) is 8.58. The lowest BCUT2D eigenvalue weighted by Crippen LogP contribution is -2.48. The zero-order chi connectivity index (χ0) is 20.5. The number of carbonyl (C=O) groups excluding carboxylic acids is 2. The number of benzene rings is 2. The molecule has 7 nitrogen and oxygen atoms in total. The van der Waals surface area contributed by atoms with Crippen molar-refractivity contribution in [2.75, 3.05) is 25.5 Å². The molecule has 2 heterocycles. The highest BCUT2D eigenvalue weighted by atomic mass is 16.2. The van der Waals surface area contributed by atoms with Crippen LogP contribution in [0.1, 0.15) is 26.5 Å². The van der Waals surface area contributed by atoms with Crippen molar-refractivity contribution >= 4 is 17.5 Å². The second-order valence-corrected chi connectivity index (χ2v) is 7.39. The SMILES string of the molecule is CN(C)[C@H]1Cc2ccccc2N(C(=O)c2cc(C(N)=O)n(-c3ccccc3)n2)C1. The van der Waals surface area contributed by atoms with Gasteiger partial charge in [-0.2, -0.15) is 5.10 Å². The molecular formula is C22H23N5O2. The molecule has 0 aliphatic carbocycles. The van der Waals surface area contributed by atoms with Gasteiger partial charge in [0.15, 0.2) is 5.69 Å². The number of primary amides is 1.